The van der Waals surface area contributed by atoms with E-state index >= 15 is 0 Å². The summed E-state index contributed by atoms with van der Waals surface area (Å²) in [5.41, 5.74) is 6.27. The number of halogens is 2. The minimum atomic E-state index is -0.145. The van der Waals surface area contributed by atoms with Crippen LogP contribution in [0.2, 0.25) is 0 Å². The minimum absolute atomic E-state index is 0.145. The number of hydrogen-bond donors (Lipinski definition) is 1. The fourth-order valence-corrected chi connectivity index (χ4v) is 2.82. The lowest BCUT2D eigenvalue weighted by Gasteiger charge is -2.34. The largest absolute Gasteiger partial charge is 0.392 e. The quantitative estimate of drug-likeness (QED) is 0.846. The molecule has 1 fully saturated rings. The summed E-state index contributed by atoms with van der Waals surface area (Å²) in [6, 6.07) is 5.07. The maximum Gasteiger partial charge on any atom is 0.127 e. The fourth-order valence-electron chi connectivity index (χ4n) is 2.23. The second kappa shape index (κ2) is 6.74. The number of piperazine rings is 1. The number of rotatable bonds is 4. The standard InChI is InChI=1S/C13H17BrFN3S/c14-11-1-2-12(15)10(7-11)8-17-3-5-18(6-4-17)9-13(16)19/h1-2,7H,3-6,8-9H2,(H2,16,19). The Kier molecular flexibility index (Phi) is 5.27. The number of nitrogens with zero attached hydrogens (tertiary/aromatic N) is 2. The van der Waals surface area contributed by atoms with E-state index < -0.39 is 0 Å². The Labute approximate surface area is 126 Å². The molecule has 0 unspecified atom stereocenters. The first-order valence-corrected chi connectivity index (χ1v) is 7.41. The molecule has 1 aliphatic heterocycles. The van der Waals surface area contributed by atoms with Gasteiger partial charge in [-0.25, -0.2) is 4.39 Å². The van der Waals surface area contributed by atoms with E-state index in [2.05, 4.69) is 25.7 Å². The van der Waals surface area contributed by atoms with Crippen molar-refractivity contribution in [1.29, 1.82) is 0 Å². The van der Waals surface area contributed by atoms with Gasteiger partial charge in [-0.2, -0.15) is 0 Å². The third-order valence-corrected chi connectivity index (χ3v) is 3.87. The Bertz CT molecular complexity index is 461. The zero-order valence-electron chi connectivity index (χ0n) is 10.6. The zero-order valence-corrected chi connectivity index (χ0v) is 13.0. The molecule has 0 radical (unpaired) electrons. The van der Waals surface area contributed by atoms with Crippen LogP contribution in [-0.2, 0) is 6.54 Å². The molecular weight excluding hydrogens is 329 g/mol. The van der Waals surface area contributed by atoms with Crippen molar-refractivity contribution in [3.63, 3.8) is 0 Å². The molecule has 0 aromatic heterocycles. The smallest absolute Gasteiger partial charge is 0.127 e. The van der Waals surface area contributed by atoms with Gasteiger partial charge < -0.3 is 5.73 Å². The Balaban J connectivity index is 1.88. The normalized spacial score (nSPS) is 17.6. The van der Waals surface area contributed by atoms with Gasteiger partial charge in [0, 0.05) is 49.3 Å². The molecule has 0 amide bonds. The summed E-state index contributed by atoms with van der Waals surface area (Å²) < 4.78 is 14.6. The monoisotopic (exact) mass is 345 g/mol. The molecule has 1 aromatic carbocycles. The van der Waals surface area contributed by atoms with Crippen molar-refractivity contribution in [3.8, 4) is 0 Å². The van der Waals surface area contributed by atoms with Crippen molar-refractivity contribution in [2.75, 3.05) is 32.7 Å². The van der Waals surface area contributed by atoms with Gasteiger partial charge in [0.2, 0.25) is 0 Å². The predicted molar refractivity (Wildman–Crippen MR) is 82.6 cm³/mol. The van der Waals surface area contributed by atoms with Gasteiger partial charge in [-0.3, -0.25) is 9.80 Å². The maximum atomic E-state index is 13.7. The van der Waals surface area contributed by atoms with Gasteiger partial charge in [0.05, 0.1) is 4.99 Å². The lowest BCUT2D eigenvalue weighted by Crippen LogP contribution is -2.48. The highest BCUT2D eigenvalue weighted by Gasteiger charge is 2.18. The van der Waals surface area contributed by atoms with E-state index in [-0.39, 0.29) is 5.82 Å². The van der Waals surface area contributed by atoms with Crippen LogP contribution in [0, 0.1) is 5.82 Å². The number of benzene rings is 1. The molecule has 1 saturated heterocycles. The van der Waals surface area contributed by atoms with Crippen LogP contribution in [0.1, 0.15) is 5.56 Å². The predicted octanol–water partition coefficient (Wildman–Crippen LogP) is 1.99. The van der Waals surface area contributed by atoms with Gasteiger partial charge in [0.1, 0.15) is 5.82 Å². The second-order valence-corrected chi connectivity index (χ2v) is 6.19. The highest BCUT2D eigenvalue weighted by Crippen LogP contribution is 2.18. The molecule has 1 aliphatic rings. The summed E-state index contributed by atoms with van der Waals surface area (Å²) in [5.74, 6) is -0.145. The number of thiocarbonyl (C=S) groups is 1. The van der Waals surface area contributed by atoms with Gasteiger partial charge in [0.25, 0.3) is 0 Å². The average Bonchev–Trinajstić information content (AvgIpc) is 2.35. The zero-order chi connectivity index (χ0) is 13.8. The van der Waals surface area contributed by atoms with Crippen LogP contribution < -0.4 is 5.73 Å². The van der Waals surface area contributed by atoms with Gasteiger partial charge >= 0.3 is 0 Å². The van der Waals surface area contributed by atoms with Crippen LogP contribution in [0.5, 0.6) is 0 Å². The van der Waals surface area contributed by atoms with Gasteiger partial charge in [-0.15, -0.1) is 0 Å². The Morgan fingerprint density at radius 1 is 1.26 bits per heavy atom. The van der Waals surface area contributed by atoms with E-state index in [1.54, 1.807) is 6.07 Å². The van der Waals surface area contributed by atoms with Crippen molar-refractivity contribution >= 4 is 33.1 Å². The van der Waals surface area contributed by atoms with Crippen LogP contribution in [0.4, 0.5) is 4.39 Å². The van der Waals surface area contributed by atoms with Crippen LogP contribution >= 0.6 is 28.1 Å². The van der Waals surface area contributed by atoms with Crippen LogP contribution in [0.15, 0.2) is 22.7 Å². The summed E-state index contributed by atoms with van der Waals surface area (Å²) >= 11 is 8.29. The van der Waals surface area contributed by atoms with E-state index in [9.17, 15) is 4.39 Å². The average molecular weight is 346 g/mol. The summed E-state index contributed by atoms with van der Waals surface area (Å²) in [5, 5.41) is 0. The summed E-state index contributed by atoms with van der Waals surface area (Å²) in [6.45, 7) is 4.99. The number of nitrogens with two attached hydrogens (primary N) is 1. The molecule has 0 bridgehead atoms. The van der Waals surface area contributed by atoms with Crippen molar-refractivity contribution < 1.29 is 4.39 Å². The SMILES string of the molecule is NC(=S)CN1CCN(Cc2cc(Br)ccc2F)CC1. The first kappa shape index (κ1) is 14.8. The molecule has 0 atom stereocenters. The third kappa shape index (κ3) is 4.49. The van der Waals surface area contributed by atoms with Crippen LogP contribution in [-0.4, -0.2) is 47.5 Å². The van der Waals surface area contributed by atoms with E-state index in [1.807, 2.05) is 6.07 Å². The van der Waals surface area contributed by atoms with Gasteiger partial charge in [-0.1, -0.05) is 28.1 Å². The first-order chi connectivity index (χ1) is 9.04. The van der Waals surface area contributed by atoms with Crippen LogP contribution in [0.25, 0.3) is 0 Å². The van der Waals surface area contributed by atoms with Crippen LogP contribution in [0.3, 0.4) is 0 Å². The maximum absolute atomic E-state index is 13.7. The molecule has 1 heterocycles. The Hall–Kier alpha value is -0.560. The molecule has 1 aromatic rings. The molecule has 0 saturated carbocycles. The van der Waals surface area contributed by atoms with Crippen molar-refractivity contribution in [3.05, 3.63) is 34.1 Å². The van der Waals surface area contributed by atoms with E-state index in [4.69, 9.17) is 18.0 Å². The Morgan fingerprint density at radius 3 is 2.53 bits per heavy atom. The molecule has 0 aliphatic carbocycles. The summed E-state index contributed by atoms with van der Waals surface area (Å²) in [4.78, 5) is 5.02. The third-order valence-electron chi connectivity index (χ3n) is 3.25. The van der Waals surface area contributed by atoms with Gasteiger partial charge in [0.15, 0.2) is 0 Å². The molecule has 6 heteroatoms. The lowest BCUT2D eigenvalue weighted by atomic mass is 10.2. The molecular formula is C13H17BrFN3S. The van der Waals surface area contributed by atoms with Crippen molar-refractivity contribution in [1.82, 2.24) is 9.80 Å². The van der Waals surface area contributed by atoms with Crippen molar-refractivity contribution in [2.45, 2.75) is 6.54 Å². The molecule has 2 rings (SSSR count). The molecule has 104 valence electrons. The number of hydrogen-bond acceptors (Lipinski definition) is 3. The summed E-state index contributed by atoms with van der Waals surface area (Å²) in [7, 11) is 0. The van der Waals surface area contributed by atoms with Crippen molar-refractivity contribution in [2.24, 2.45) is 5.73 Å². The molecule has 3 nitrogen and oxygen atoms in total. The Morgan fingerprint density at radius 2 is 1.89 bits per heavy atom. The minimum Gasteiger partial charge on any atom is -0.392 e. The lowest BCUT2D eigenvalue weighted by molar-refractivity contribution is 0.139. The van der Waals surface area contributed by atoms with E-state index in [1.165, 1.54) is 6.07 Å². The second-order valence-electron chi connectivity index (χ2n) is 4.75. The van der Waals surface area contributed by atoms with E-state index in [0.717, 1.165) is 36.2 Å². The van der Waals surface area contributed by atoms with Gasteiger partial charge in [-0.05, 0) is 18.2 Å². The highest BCUT2D eigenvalue weighted by molar-refractivity contribution is 9.10. The highest BCUT2D eigenvalue weighted by atomic mass is 79.9. The molecule has 19 heavy (non-hydrogen) atoms. The topological polar surface area (TPSA) is 32.5 Å². The molecule has 2 N–H and O–H groups in total. The van der Waals surface area contributed by atoms with E-state index in [0.29, 0.717) is 18.1 Å². The molecule has 0 spiro atoms. The summed E-state index contributed by atoms with van der Waals surface area (Å²) in [6.07, 6.45) is 0. The fraction of sp³-hybridized carbons (Fsp3) is 0.462. The first-order valence-electron chi connectivity index (χ1n) is 6.21.